The number of likely N-dealkylation sites (tertiary alicyclic amines) is 1. The van der Waals surface area contributed by atoms with Gasteiger partial charge in [0.1, 0.15) is 0 Å². The zero-order valence-corrected chi connectivity index (χ0v) is 11.1. The first-order valence-electron chi connectivity index (χ1n) is 6.49. The molecule has 0 aromatic heterocycles. The Bertz CT molecular complexity index is 167. The highest BCUT2D eigenvalue weighted by atomic mass is 15.2. The number of rotatable bonds is 4. The third-order valence-electron chi connectivity index (χ3n) is 3.87. The minimum atomic E-state index is 0.641. The largest absolute Gasteiger partial charge is 0.315 e. The van der Waals surface area contributed by atoms with Gasteiger partial charge in [0, 0.05) is 25.2 Å². The predicted octanol–water partition coefficient (Wildman–Crippen LogP) is 2.35. The lowest BCUT2D eigenvalue weighted by molar-refractivity contribution is 0.0841. The summed E-state index contributed by atoms with van der Waals surface area (Å²) in [4.78, 5) is 2.67. The van der Waals surface area contributed by atoms with E-state index in [9.17, 15) is 0 Å². The van der Waals surface area contributed by atoms with Gasteiger partial charge in [0.05, 0.1) is 0 Å². The summed E-state index contributed by atoms with van der Waals surface area (Å²) in [6.07, 6.45) is 2.62. The molecule has 4 unspecified atom stereocenters. The van der Waals surface area contributed by atoms with E-state index in [2.05, 4.69) is 45.0 Å². The van der Waals surface area contributed by atoms with Crippen LogP contribution in [-0.2, 0) is 0 Å². The lowest BCUT2D eigenvalue weighted by Gasteiger charge is -2.41. The van der Waals surface area contributed by atoms with Gasteiger partial charge in [-0.25, -0.2) is 0 Å². The van der Waals surface area contributed by atoms with Crippen LogP contribution in [0.3, 0.4) is 0 Å². The van der Waals surface area contributed by atoms with Gasteiger partial charge in [-0.3, -0.25) is 4.90 Å². The minimum Gasteiger partial charge on any atom is -0.315 e. The van der Waals surface area contributed by atoms with Crippen LogP contribution in [0.1, 0.15) is 40.5 Å². The molecular weight excluding hydrogens is 184 g/mol. The zero-order valence-electron chi connectivity index (χ0n) is 11.1. The molecule has 2 heteroatoms. The first-order chi connectivity index (χ1) is 7.08. The van der Waals surface area contributed by atoms with Gasteiger partial charge in [0.2, 0.25) is 0 Å². The van der Waals surface area contributed by atoms with E-state index in [0.717, 1.165) is 11.8 Å². The summed E-state index contributed by atoms with van der Waals surface area (Å²) in [5.74, 6) is 1.73. The number of nitrogens with zero attached hydrogens (tertiary/aromatic N) is 1. The Morgan fingerprint density at radius 2 is 1.80 bits per heavy atom. The molecule has 0 radical (unpaired) electrons. The molecule has 2 nitrogen and oxygen atoms in total. The molecular formula is C13H28N2. The molecule has 1 aliphatic rings. The highest BCUT2D eigenvalue weighted by Gasteiger charge is 2.28. The maximum Gasteiger partial charge on any atom is 0.0221 e. The van der Waals surface area contributed by atoms with E-state index in [4.69, 9.17) is 0 Å². The van der Waals surface area contributed by atoms with E-state index in [1.54, 1.807) is 0 Å². The number of likely N-dealkylation sites (N-methyl/N-ethyl adjacent to an activating group) is 1. The Kier molecular flexibility index (Phi) is 5.07. The summed E-state index contributed by atoms with van der Waals surface area (Å²) in [7, 11) is 2.08. The highest BCUT2D eigenvalue weighted by Crippen LogP contribution is 2.23. The molecule has 1 fully saturated rings. The first-order valence-corrected chi connectivity index (χ1v) is 6.49. The molecule has 0 aromatic rings. The summed E-state index contributed by atoms with van der Waals surface area (Å²) in [5.41, 5.74) is 0. The van der Waals surface area contributed by atoms with Gasteiger partial charge in [0.15, 0.2) is 0 Å². The normalized spacial score (nSPS) is 32.6. The Morgan fingerprint density at radius 1 is 1.27 bits per heavy atom. The molecule has 0 saturated carbocycles. The quantitative estimate of drug-likeness (QED) is 0.769. The number of hydrogen-bond acceptors (Lipinski definition) is 2. The average molecular weight is 212 g/mol. The van der Waals surface area contributed by atoms with Crippen molar-refractivity contribution in [3.8, 4) is 0 Å². The molecule has 0 spiro atoms. The van der Waals surface area contributed by atoms with Gasteiger partial charge in [-0.05, 0) is 38.6 Å². The van der Waals surface area contributed by atoms with Crippen molar-refractivity contribution < 1.29 is 0 Å². The third-order valence-corrected chi connectivity index (χ3v) is 3.87. The molecule has 1 saturated heterocycles. The smallest absolute Gasteiger partial charge is 0.0221 e. The predicted molar refractivity (Wildman–Crippen MR) is 67.1 cm³/mol. The molecule has 0 aliphatic carbocycles. The van der Waals surface area contributed by atoms with Crippen molar-refractivity contribution in [3.63, 3.8) is 0 Å². The lowest BCUT2D eigenvalue weighted by Crippen LogP contribution is -2.51. The lowest BCUT2D eigenvalue weighted by atomic mass is 9.90. The SMILES string of the molecule is CCC(NC)C(C)N1CC(C)CC(C)C1. The van der Waals surface area contributed by atoms with Crippen molar-refractivity contribution >= 4 is 0 Å². The van der Waals surface area contributed by atoms with Gasteiger partial charge in [0.25, 0.3) is 0 Å². The summed E-state index contributed by atoms with van der Waals surface area (Å²) in [5, 5.41) is 3.44. The van der Waals surface area contributed by atoms with Gasteiger partial charge < -0.3 is 5.32 Å². The molecule has 4 atom stereocenters. The first kappa shape index (κ1) is 13.0. The maximum atomic E-state index is 3.44. The van der Waals surface area contributed by atoms with Crippen LogP contribution in [-0.4, -0.2) is 37.1 Å². The molecule has 0 bridgehead atoms. The summed E-state index contributed by atoms with van der Waals surface area (Å²) >= 11 is 0. The van der Waals surface area contributed by atoms with Crippen LogP contribution >= 0.6 is 0 Å². The van der Waals surface area contributed by atoms with Crippen molar-refractivity contribution in [2.75, 3.05) is 20.1 Å². The molecule has 1 rings (SSSR count). The van der Waals surface area contributed by atoms with Crippen LogP contribution in [0.25, 0.3) is 0 Å². The van der Waals surface area contributed by atoms with Crippen LogP contribution in [0, 0.1) is 11.8 Å². The Balaban J connectivity index is 2.53. The van der Waals surface area contributed by atoms with Crippen molar-refractivity contribution in [1.82, 2.24) is 10.2 Å². The Morgan fingerprint density at radius 3 is 2.20 bits per heavy atom. The zero-order chi connectivity index (χ0) is 11.4. The van der Waals surface area contributed by atoms with E-state index in [0.29, 0.717) is 12.1 Å². The molecule has 1 heterocycles. The third kappa shape index (κ3) is 3.46. The topological polar surface area (TPSA) is 15.3 Å². The molecule has 0 amide bonds. The fraction of sp³-hybridized carbons (Fsp3) is 1.00. The standard InChI is InChI=1S/C13H28N2/c1-6-13(14-5)12(4)15-8-10(2)7-11(3)9-15/h10-14H,6-9H2,1-5H3. The van der Waals surface area contributed by atoms with Gasteiger partial charge >= 0.3 is 0 Å². The van der Waals surface area contributed by atoms with Crippen LogP contribution < -0.4 is 5.32 Å². The highest BCUT2D eigenvalue weighted by molar-refractivity contribution is 4.84. The van der Waals surface area contributed by atoms with E-state index in [-0.39, 0.29) is 0 Å². The molecule has 1 N–H and O–H groups in total. The number of hydrogen-bond donors (Lipinski definition) is 1. The van der Waals surface area contributed by atoms with E-state index < -0.39 is 0 Å². The van der Waals surface area contributed by atoms with Gasteiger partial charge in [-0.15, -0.1) is 0 Å². The monoisotopic (exact) mass is 212 g/mol. The average Bonchev–Trinajstić information content (AvgIpc) is 2.18. The van der Waals surface area contributed by atoms with Crippen molar-refractivity contribution in [2.45, 2.75) is 52.6 Å². The second-order valence-electron chi connectivity index (χ2n) is 5.44. The minimum absolute atomic E-state index is 0.641. The second kappa shape index (κ2) is 5.86. The van der Waals surface area contributed by atoms with Gasteiger partial charge in [-0.1, -0.05) is 20.8 Å². The van der Waals surface area contributed by atoms with E-state index >= 15 is 0 Å². The summed E-state index contributed by atoms with van der Waals surface area (Å²) in [6, 6.07) is 1.31. The van der Waals surface area contributed by atoms with E-state index in [1.165, 1.54) is 25.9 Å². The fourth-order valence-corrected chi connectivity index (χ4v) is 3.08. The van der Waals surface area contributed by atoms with Crippen LogP contribution in [0.2, 0.25) is 0 Å². The van der Waals surface area contributed by atoms with Crippen molar-refractivity contribution in [3.05, 3.63) is 0 Å². The second-order valence-corrected chi connectivity index (χ2v) is 5.44. The van der Waals surface area contributed by atoms with Crippen molar-refractivity contribution in [1.29, 1.82) is 0 Å². The van der Waals surface area contributed by atoms with E-state index in [1.807, 2.05) is 0 Å². The Hall–Kier alpha value is -0.0800. The summed E-state index contributed by atoms with van der Waals surface area (Å²) in [6.45, 7) is 12.0. The molecule has 0 aromatic carbocycles. The van der Waals surface area contributed by atoms with Gasteiger partial charge in [-0.2, -0.15) is 0 Å². The maximum absolute atomic E-state index is 3.44. The van der Waals surface area contributed by atoms with Crippen LogP contribution in [0.15, 0.2) is 0 Å². The fourth-order valence-electron chi connectivity index (χ4n) is 3.08. The van der Waals surface area contributed by atoms with Crippen molar-refractivity contribution in [2.24, 2.45) is 11.8 Å². The molecule has 15 heavy (non-hydrogen) atoms. The van der Waals surface area contributed by atoms with Crippen LogP contribution in [0.4, 0.5) is 0 Å². The number of piperidine rings is 1. The number of nitrogens with one attached hydrogen (secondary N) is 1. The Labute approximate surface area is 95.4 Å². The molecule has 90 valence electrons. The summed E-state index contributed by atoms with van der Waals surface area (Å²) < 4.78 is 0. The van der Waals surface area contributed by atoms with Crippen LogP contribution in [0.5, 0.6) is 0 Å². The molecule has 1 aliphatic heterocycles.